The van der Waals surface area contributed by atoms with Crippen LogP contribution in [-0.4, -0.2) is 24.4 Å². The summed E-state index contributed by atoms with van der Waals surface area (Å²) in [6.45, 7) is -0.415. The Labute approximate surface area is 180 Å². The first-order valence-corrected chi connectivity index (χ1v) is 10.1. The minimum atomic E-state index is -0.644. The molecule has 2 N–H and O–H groups in total. The molecule has 0 spiro atoms. The van der Waals surface area contributed by atoms with Crippen LogP contribution in [0.5, 0.6) is 0 Å². The average molecular weight is 414 g/mol. The third-order valence-electron chi connectivity index (χ3n) is 5.28. The van der Waals surface area contributed by atoms with E-state index in [2.05, 4.69) is 10.6 Å². The van der Waals surface area contributed by atoms with Gasteiger partial charge >= 0.3 is 5.97 Å². The van der Waals surface area contributed by atoms with Crippen LogP contribution in [0.25, 0.3) is 0 Å². The molecule has 6 heteroatoms. The van der Waals surface area contributed by atoms with Crippen LogP contribution in [0.15, 0.2) is 84.9 Å². The molecule has 1 aliphatic rings. The molecule has 2 amide bonds. The number of benzene rings is 3. The number of carbonyl (C=O) groups is 3. The van der Waals surface area contributed by atoms with Crippen LogP contribution in [-0.2, 0) is 19.7 Å². The Morgan fingerprint density at radius 1 is 0.774 bits per heavy atom. The maximum Gasteiger partial charge on any atom is 0.317 e. The van der Waals surface area contributed by atoms with Crippen molar-refractivity contribution < 1.29 is 19.1 Å². The normalized spacial score (nSPS) is 13.7. The first-order valence-electron chi connectivity index (χ1n) is 10.1. The van der Waals surface area contributed by atoms with Gasteiger partial charge in [0, 0.05) is 5.69 Å². The molecule has 4 rings (SSSR count). The van der Waals surface area contributed by atoms with Crippen molar-refractivity contribution in [2.24, 2.45) is 0 Å². The van der Waals surface area contributed by atoms with E-state index >= 15 is 0 Å². The van der Waals surface area contributed by atoms with Crippen molar-refractivity contribution in [2.45, 2.75) is 18.3 Å². The Kier molecular flexibility index (Phi) is 5.80. The molecule has 0 atom stereocenters. The molecule has 31 heavy (non-hydrogen) atoms. The van der Waals surface area contributed by atoms with Crippen LogP contribution in [0.2, 0.25) is 0 Å². The summed E-state index contributed by atoms with van der Waals surface area (Å²) in [6, 6.07) is 25.2. The Morgan fingerprint density at radius 3 is 2.06 bits per heavy atom. The number of esters is 1. The predicted octanol–water partition coefficient (Wildman–Crippen LogP) is 4.15. The SMILES string of the molecule is O=C(COC(=O)C1(c2ccccc2)CC1)Nc1ccccc1C(=O)Nc1ccccc1. The summed E-state index contributed by atoms with van der Waals surface area (Å²) < 4.78 is 5.30. The summed E-state index contributed by atoms with van der Waals surface area (Å²) in [5.74, 6) is -1.25. The number of ether oxygens (including phenoxy) is 1. The van der Waals surface area contributed by atoms with Crippen molar-refractivity contribution in [1.29, 1.82) is 0 Å². The molecular weight excluding hydrogens is 392 g/mol. The highest BCUT2D eigenvalue weighted by Gasteiger charge is 2.52. The summed E-state index contributed by atoms with van der Waals surface area (Å²) in [5, 5.41) is 5.46. The van der Waals surface area contributed by atoms with E-state index in [1.807, 2.05) is 48.5 Å². The molecule has 1 fully saturated rings. The van der Waals surface area contributed by atoms with E-state index < -0.39 is 23.9 Å². The lowest BCUT2D eigenvalue weighted by atomic mass is 9.96. The molecule has 0 saturated heterocycles. The van der Waals surface area contributed by atoms with Gasteiger partial charge in [0.05, 0.1) is 16.7 Å². The lowest BCUT2D eigenvalue weighted by Crippen LogP contribution is -2.28. The Hall–Kier alpha value is -3.93. The van der Waals surface area contributed by atoms with Gasteiger partial charge in [0.2, 0.25) is 0 Å². The molecule has 3 aromatic carbocycles. The monoisotopic (exact) mass is 414 g/mol. The summed E-state index contributed by atoms with van der Waals surface area (Å²) in [4.78, 5) is 37.6. The lowest BCUT2D eigenvalue weighted by molar-refractivity contribution is -0.150. The molecular formula is C25H22N2O4. The van der Waals surface area contributed by atoms with Gasteiger partial charge in [-0.3, -0.25) is 14.4 Å². The van der Waals surface area contributed by atoms with Gasteiger partial charge in [-0.2, -0.15) is 0 Å². The lowest BCUT2D eigenvalue weighted by Gasteiger charge is -2.15. The van der Waals surface area contributed by atoms with Gasteiger partial charge in [-0.25, -0.2) is 0 Å². The predicted molar refractivity (Wildman–Crippen MR) is 118 cm³/mol. The van der Waals surface area contributed by atoms with Gasteiger partial charge in [-0.05, 0) is 42.7 Å². The van der Waals surface area contributed by atoms with E-state index in [0.717, 1.165) is 5.56 Å². The first kappa shape index (κ1) is 20.3. The maximum atomic E-state index is 12.6. The molecule has 1 aliphatic carbocycles. The van der Waals surface area contributed by atoms with Crippen LogP contribution in [0.3, 0.4) is 0 Å². The topological polar surface area (TPSA) is 84.5 Å². The zero-order valence-corrected chi connectivity index (χ0v) is 16.8. The van der Waals surface area contributed by atoms with Crippen molar-refractivity contribution in [3.63, 3.8) is 0 Å². The highest BCUT2D eigenvalue weighted by atomic mass is 16.5. The number of nitrogens with one attached hydrogen (secondary N) is 2. The van der Waals surface area contributed by atoms with E-state index in [1.54, 1.807) is 36.4 Å². The fourth-order valence-corrected chi connectivity index (χ4v) is 3.46. The zero-order valence-electron chi connectivity index (χ0n) is 16.8. The van der Waals surface area contributed by atoms with Gasteiger partial charge in [-0.15, -0.1) is 0 Å². The third-order valence-corrected chi connectivity index (χ3v) is 5.28. The third kappa shape index (κ3) is 4.64. The van der Waals surface area contributed by atoms with Gasteiger partial charge < -0.3 is 15.4 Å². The van der Waals surface area contributed by atoms with E-state index in [9.17, 15) is 14.4 Å². The molecule has 0 radical (unpaired) electrons. The molecule has 1 saturated carbocycles. The molecule has 0 bridgehead atoms. The van der Waals surface area contributed by atoms with Crippen LogP contribution in [0.1, 0.15) is 28.8 Å². The second kappa shape index (κ2) is 8.83. The van der Waals surface area contributed by atoms with Crippen LogP contribution in [0, 0.1) is 0 Å². The quantitative estimate of drug-likeness (QED) is 0.569. The molecule has 3 aromatic rings. The maximum absolute atomic E-state index is 12.6. The first-order chi connectivity index (χ1) is 15.1. The molecule has 0 unspecified atom stereocenters. The largest absolute Gasteiger partial charge is 0.455 e. The second-order valence-corrected chi connectivity index (χ2v) is 7.44. The number of hydrogen-bond acceptors (Lipinski definition) is 4. The van der Waals surface area contributed by atoms with E-state index in [1.165, 1.54) is 0 Å². The van der Waals surface area contributed by atoms with Crippen molar-refractivity contribution in [3.8, 4) is 0 Å². The number of amides is 2. The van der Waals surface area contributed by atoms with Crippen molar-refractivity contribution in [1.82, 2.24) is 0 Å². The van der Waals surface area contributed by atoms with E-state index in [4.69, 9.17) is 4.74 Å². The summed E-state index contributed by atoms with van der Waals surface area (Å²) >= 11 is 0. The Balaban J connectivity index is 1.37. The zero-order chi connectivity index (χ0) is 21.7. The van der Waals surface area contributed by atoms with Crippen molar-refractivity contribution in [3.05, 3.63) is 96.1 Å². The minimum Gasteiger partial charge on any atom is -0.455 e. The van der Waals surface area contributed by atoms with E-state index in [-0.39, 0.29) is 5.91 Å². The Morgan fingerprint density at radius 2 is 1.39 bits per heavy atom. The molecule has 0 heterocycles. The van der Waals surface area contributed by atoms with Gasteiger partial charge in [-0.1, -0.05) is 60.7 Å². The smallest absolute Gasteiger partial charge is 0.317 e. The minimum absolute atomic E-state index is 0.314. The van der Waals surface area contributed by atoms with E-state index in [0.29, 0.717) is 29.8 Å². The molecule has 6 nitrogen and oxygen atoms in total. The van der Waals surface area contributed by atoms with Crippen LogP contribution < -0.4 is 10.6 Å². The number of para-hydroxylation sites is 2. The number of hydrogen-bond donors (Lipinski definition) is 2. The average Bonchev–Trinajstić information content (AvgIpc) is 3.61. The number of carbonyl (C=O) groups excluding carboxylic acids is 3. The van der Waals surface area contributed by atoms with Crippen LogP contribution in [0.4, 0.5) is 11.4 Å². The fraction of sp³-hybridized carbons (Fsp3) is 0.160. The Bertz CT molecular complexity index is 1090. The van der Waals surface area contributed by atoms with Crippen molar-refractivity contribution >= 4 is 29.2 Å². The van der Waals surface area contributed by atoms with Gasteiger partial charge in [0.25, 0.3) is 11.8 Å². The molecule has 0 aliphatic heterocycles. The fourth-order valence-electron chi connectivity index (χ4n) is 3.46. The molecule has 156 valence electrons. The van der Waals surface area contributed by atoms with Crippen LogP contribution >= 0.6 is 0 Å². The highest BCUT2D eigenvalue weighted by molar-refractivity contribution is 6.10. The van der Waals surface area contributed by atoms with Gasteiger partial charge in [0.15, 0.2) is 6.61 Å². The summed E-state index contributed by atoms with van der Waals surface area (Å²) in [5.41, 5.74) is 1.58. The standard InChI is InChI=1S/C25H22N2O4/c28-22(17-31-24(30)25(15-16-25)18-9-3-1-4-10-18)27-21-14-8-7-13-20(21)23(29)26-19-11-5-2-6-12-19/h1-14H,15-17H2,(H,26,29)(H,27,28). The molecule has 0 aromatic heterocycles. The number of anilines is 2. The second-order valence-electron chi connectivity index (χ2n) is 7.44. The summed E-state index contributed by atoms with van der Waals surface area (Å²) in [7, 11) is 0. The summed E-state index contributed by atoms with van der Waals surface area (Å²) in [6.07, 6.45) is 1.42. The van der Waals surface area contributed by atoms with Crippen molar-refractivity contribution in [2.75, 3.05) is 17.2 Å². The number of rotatable bonds is 7. The highest BCUT2D eigenvalue weighted by Crippen LogP contribution is 2.49. The van der Waals surface area contributed by atoms with Gasteiger partial charge in [0.1, 0.15) is 0 Å².